The number of benzene rings is 1. The lowest BCUT2D eigenvalue weighted by Gasteiger charge is -2.15. The lowest BCUT2D eigenvalue weighted by molar-refractivity contribution is 0.106. The first-order chi connectivity index (χ1) is 8.27. The maximum absolute atomic E-state index is 13.6. The van der Waals surface area contributed by atoms with Gasteiger partial charge in [-0.15, -0.1) is 0 Å². The topological polar surface area (TPSA) is 27.1 Å². The van der Waals surface area contributed by atoms with Crippen LogP contribution in [0, 0.1) is 11.6 Å². The van der Waals surface area contributed by atoms with E-state index >= 15 is 0 Å². The average Bonchev–Trinajstić information content (AvgIpc) is 2.73. The van der Waals surface area contributed by atoms with Gasteiger partial charge in [0.1, 0.15) is 5.69 Å². The Morgan fingerprint density at radius 1 is 1.24 bits per heavy atom. The number of aromatic nitrogens is 2. The van der Waals surface area contributed by atoms with Gasteiger partial charge >= 0.3 is 0 Å². The number of ether oxygens (including phenoxy) is 1. The van der Waals surface area contributed by atoms with Crippen molar-refractivity contribution >= 4 is 0 Å². The highest BCUT2D eigenvalue weighted by Gasteiger charge is 2.20. The zero-order valence-corrected chi connectivity index (χ0v) is 8.99. The first kappa shape index (κ1) is 10.4. The Kier molecular flexibility index (Phi) is 2.40. The summed E-state index contributed by atoms with van der Waals surface area (Å²) in [6.07, 6.45) is 2.37. The molecule has 0 saturated heterocycles. The highest BCUT2D eigenvalue weighted by Crippen LogP contribution is 2.23. The van der Waals surface area contributed by atoms with Gasteiger partial charge in [0.2, 0.25) is 0 Å². The van der Waals surface area contributed by atoms with E-state index in [9.17, 15) is 8.78 Å². The average molecular weight is 236 g/mol. The van der Waals surface area contributed by atoms with Gasteiger partial charge in [-0.25, -0.2) is 13.5 Å². The predicted octanol–water partition coefficient (Wildman–Crippen LogP) is 2.22. The number of nitrogens with zero attached hydrogens (tertiary/aromatic N) is 2. The molecule has 1 aromatic heterocycles. The molecule has 1 aromatic carbocycles. The molecule has 88 valence electrons. The van der Waals surface area contributed by atoms with Crippen molar-refractivity contribution in [2.75, 3.05) is 6.61 Å². The molecule has 0 atom stereocenters. The number of rotatable bonds is 1. The Hall–Kier alpha value is -1.75. The van der Waals surface area contributed by atoms with Gasteiger partial charge in [-0.2, -0.15) is 5.10 Å². The van der Waals surface area contributed by atoms with Crippen LogP contribution in [0.25, 0.3) is 5.69 Å². The van der Waals surface area contributed by atoms with E-state index < -0.39 is 11.6 Å². The number of hydrogen-bond donors (Lipinski definition) is 0. The van der Waals surface area contributed by atoms with Crippen LogP contribution in [0.15, 0.2) is 24.4 Å². The molecular formula is C12H10F2N2O. The molecule has 2 heterocycles. The predicted molar refractivity (Wildman–Crippen MR) is 56.8 cm³/mol. The summed E-state index contributed by atoms with van der Waals surface area (Å²) in [7, 11) is 0. The number of halogens is 2. The van der Waals surface area contributed by atoms with Gasteiger partial charge in [0.25, 0.3) is 0 Å². The van der Waals surface area contributed by atoms with E-state index in [2.05, 4.69) is 5.10 Å². The second-order valence-corrected chi connectivity index (χ2v) is 3.90. The van der Waals surface area contributed by atoms with Crippen LogP contribution in [0.1, 0.15) is 11.3 Å². The van der Waals surface area contributed by atoms with Gasteiger partial charge in [-0.05, 0) is 24.1 Å². The van der Waals surface area contributed by atoms with E-state index in [1.165, 1.54) is 22.9 Å². The summed E-state index contributed by atoms with van der Waals surface area (Å²) in [6.45, 7) is 0.960. The lowest BCUT2D eigenvalue weighted by Crippen LogP contribution is -2.14. The Morgan fingerprint density at radius 2 is 2.00 bits per heavy atom. The van der Waals surface area contributed by atoms with Crippen molar-refractivity contribution in [3.63, 3.8) is 0 Å². The Labute approximate surface area is 96.6 Å². The molecule has 3 rings (SSSR count). The molecule has 0 saturated carbocycles. The van der Waals surface area contributed by atoms with Crippen molar-refractivity contribution in [1.82, 2.24) is 9.78 Å². The van der Waals surface area contributed by atoms with Crippen LogP contribution >= 0.6 is 0 Å². The standard InChI is InChI=1S/C12H10F2N2O/c13-9-2-1-3-10(14)12(9)16-11-7-17-5-4-8(11)6-15-16/h1-3,6H,4-5,7H2. The summed E-state index contributed by atoms with van der Waals surface area (Å²) in [5.41, 5.74) is 1.57. The van der Waals surface area contributed by atoms with Gasteiger partial charge in [-0.1, -0.05) is 6.07 Å². The van der Waals surface area contributed by atoms with Gasteiger partial charge in [0.05, 0.1) is 25.1 Å². The van der Waals surface area contributed by atoms with Gasteiger partial charge in [0, 0.05) is 0 Å². The van der Waals surface area contributed by atoms with Crippen molar-refractivity contribution in [1.29, 1.82) is 0 Å². The summed E-state index contributed by atoms with van der Waals surface area (Å²) in [5, 5.41) is 4.05. The van der Waals surface area contributed by atoms with Crippen molar-refractivity contribution in [3.8, 4) is 5.69 Å². The minimum atomic E-state index is -0.624. The molecule has 0 fully saturated rings. The number of fused-ring (bicyclic) bond motifs is 1. The Balaban J connectivity index is 2.19. The van der Waals surface area contributed by atoms with Crippen LogP contribution < -0.4 is 0 Å². The van der Waals surface area contributed by atoms with Crippen LogP contribution in [-0.4, -0.2) is 16.4 Å². The highest BCUT2D eigenvalue weighted by molar-refractivity contribution is 5.38. The van der Waals surface area contributed by atoms with E-state index in [1.807, 2.05) is 0 Å². The zero-order chi connectivity index (χ0) is 11.8. The van der Waals surface area contributed by atoms with Crippen molar-refractivity contribution in [2.24, 2.45) is 0 Å². The Bertz CT molecular complexity index is 545. The number of hydrogen-bond acceptors (Lipinski definition) is 2. The maximum atomic E-state index is 13.6. The highest BCUT2D eigenvalue weighted by atomic mass is 19.1. The second-order valence-electron chi connectivity index (χ2n) is 3.90. The fourth-order valence-corrected chi connectivity index (χ4v) is 2.01. The van der Waals surface area contributed by atoms with Crippen molar-refractivity contribution in [3.05, 3.63) is 47.3 Å². The second kappa shape index (κ2) is 3.92. The summed E-state index contributed by atoms with van der Waals surface area (Å²) in [5.74, 6) is -1.25. The largest absolute Gasteiger partial charge is 0.375 e. The first-order valence-electron chi connectivity index (χ1n) is 5.35. The molecule has 0 radical (unpaired) electrons. The summed E-state index contributed by atoms with van der Waals surface area (Å²) >= 11 is 0. The minimum Gasteiger partial charge on any atom is -0.375 e. The van der Waals surface area contributed by atoms with Crippen LogP contribution in [0.2, 0.25) is 0 Å². The molecular weight excluding hydrogens is 226 g/mol. The normalized spacial score (nSPS) is 14.7. The SMILES string of the molecule is Fc1cccc(F)c1-n1ncc2c1COCC2. The smallest absolute Gasteiger partial charge is 0.151 e. The minimum absolute atomic E-state index is 0.140. The molecule has 1 aliphatic rings. The van der Waals surface area contributed by atoms with Crippen molar-refractivity contribution in [2.45, 2.75) is 13.0 Å². The molecule has 17 heavy (non-hydrogen) atoms. The molecule has 0 bridgehead atoms. The molecule has 1 aliphatic heterocycles. The van der Waals surface area contributed by atoms with Gasteiger partial charge in [0.15, 0.2) is 11.6 Å². The van der Waals surface area contributed by atoms with Crippen LogP contribution in [0.3, 0.4) is 0 Å². The van der Waals surface area contributed by atoms with Crippen LogP contribution in [0.4, 0.5) is 8.78 Å². The van der Waals surface area contributed by atoms with E-state index in [4.69, 9.17) is 4.74 Å². The maximum Gasteiger partial charge on any atom is 0.151 e. The molecule has 0 amide bonds. The summed E-state index contributed by atoms with van der Waals surface area (Å²) < 4.78 is 33.9. The van der Waals surface area contributed by atoms with E-state index in [0.717, 1.165) is 17.7 Å². The number of para-hydroxylation sites is 1. The van der Waals surface area contributed by atoms with E-state index in [1.54, 1.807) is 6.20 Å². The molecule has 0 unspecified atom stereocenters. The molecule has 0 spiro atoms. The fraction of sp³-hybridized carbons (Fsp3) is 0.250. The Morgan fingerprint density at radius 3 is 2.76 bits per heavy atom. The third-order valence-corrected chi connectivity index (χ3v) is 2.86. The van der Waals surface area contributed by atoms with Gasteiger partial charge in [-0.3, -0.25) is 0 Å². The van der Waals surface area contributed by atoms with E-state index in [0.29, 0.717) is 13.2 Å². The summed E-state index contributed by atoms with van der Waals surface area (Å²) in [6, 6.07) is 3.77. The lowest BCUT2D eigenvalue weighted by atomic mass is 10.1. The third-order valence-electron chi connectivity index (χ3n) is 2.86. The fourth-order valence-electron chi connectivity index (χ4n) is 2.01. The molecule has 5 heteroatoms. The summed E-state index contributed by atoms with van der Waals surface area (Å²) in [4.78, 5) is 0. The molecule has 3 nitrogen and oxygen atoms in total. The molecule has 0 N–H and O–H groups in total. The van der Waals surface area contributed by atoms with Crippen LogP contribution in [0.5, 0.6) is 0 Å². The molecule has 0 aliphatic carbocycles. The third kappa shape index (κ3) is 1.63. The van der Waals surface area contributed by atoms with E-state index in [-0.39, 0.29) is 5.69 Å². The zero-order valence-electron chi connectivity index (χ0n) is 8.99. The molecule has 2 aromatic rings. The first-order valence-corrected chi connectivity index (χ1v) is 5.35. The monoisotopic (exact) mass is 236 g/mol. The quantitative estimate of drug-likeness (QED) is 0.759. The van der Waals surface area contributed by atoms with Crippen molar-refractivity contribution < 1.29 is 13.5 Å². The van der Waals surface area contributed by atoms with Gasteiger partial charge < -0.3 is 4.74 Å². The van der Waals surface area contributed by atoms with Crippen LogP contribution in [-0.2, 0) is 17.8 Å².